The molecule has 1 aromatic carbocycles. The molecule has 0 unspecified atom stereocenters. The molecule has 0 bridgehead atoms. The highest BCUT2D eigenvalue weighted by molar-refractivity contribution is 7.99. The van der Waals surface area contributed by atoms with Crippen molar-refractivity contribution in [3.8, 4) is 0 Å². The van der Waals surface area contributed by atoms with Gasteiger partial charge in [0, 0.05) is 42.4 Å². The maximum absolute atomic E-state index is 12.6. The van der Waals surface area contributed by atoms with Crippen LogP contribution < -0.4 is 5.32 Å². The van der Waals surface area contributed by atoms with Crippen molar-refractivity contribution in [3.63, 3.8) is 0 Å². The maximum Gasteiger partial charge on any atom is 0.253 e. The molecule has 1 saturated heterocycles. The van der Waals surface area contributed by atoms with Crippen LogP contribution in [-0.2, 0) is 4.79 Å². The SMILES string of the molecule is CN(CC(=O)Nc1cccc(C(=O)N2CCSCC2)c1)CC1CCCC1. The van der Waals surface area contributed by atoms with E-state index in [9.17, 15) is 9.59 Å². The summed E-state index contributed by atoms with van der Waals surface area (Å²) in [6, 6.07) is 7.30. The zero-order valence-electron chi connectivity index (χ0n) is 15.6. The van der Waals surface area contributed by atoms with Gasteiger partial charge in [-0.2, -0.15) is 11.8 Å². The summed E-state index contributed by atoms with van der Waals surface area (Å²) in [6.45, 7) is 2.97. The fourth-order valence-corrected chi connectivity index (χ4v) is 4.73. The number of benzene rings is 1. The molecule has 2 aliphatic rings. The Kier molecular flexibility index (Phi) is 6.97. The van der Waals surface area contributed by atoms with Crippen molar-refractivity contribution in [2.75, 3.05) is 50.0 Å². The van der Waals surface area contributed by atoms with E-state index >= 15 is 0 Å². The quantitative estimate of drug-likeness (QED) is 0.831. The lowest BCUT2D eigenvalue weighted by Crippen LogP contribution is -2.38. The lowest BCUT2D eigenvalue weighted by Gasteiger charge is -2.26. The highest BCUT2D eigenvalue weighted by atomic mass is 32.2. The minimum absolute atomic E-state index is 0.0236. The van der Waals surface area contributed by atoms with E-state index < -0.39 is 0 Å². The van der Waals surface area contributed by atoms with Crippen LogP contribution in [0.2, 0.25) is 0 Å². The van der Waals surface area contributed by atoms with E-state index in [-0.39, 0.29) is 11.8 Å². The number of nitrogens with zero attached hydrogens (tertiary/aromatic N) is 2. The van der Waals surface area contributed by atoms with E-state index in [0.29, 0.717) is 17.8 Å². The molecule has 1 saturated carbocycles. The van der Waals surface area contributed by atoms with Crippen LogP contribution in [0.25, 0.3) is 0 Å². The number of rotatable bonds is 6. The van der Waals surface area contributed by atoms with E-state index in [2.05, 4.69) is 10.2 Å². The van der Waals surface area contributed by atoms with Gasteiger partial charge < -0.3 is 10.2 Å². The fraction of sp³-hybridized carbons (Fsp3) is 0.600. The number of nitrogens with one attached hydrogen (secondary N) is 1. The molecule has 0 atom stereocenters. The smallest absolute Gasteiger partial charge is 0.253 e. The van der Waals surface area contributed by atoms with Gasteiger partial charge in [-0.15, -0.1) is 0 Å². The van der Waals surface area contributed by atoms with Gasteiger partial charge in [-0.3, -0.25) is 14.5 Å². The summed E-state index contributed by atoms with van der Waals surface area (Å²) in [7, 11) is 2.01. The second-order valence-corrected chi connectivity index (χ2v) is 8.61. The zero-order valence-corrected chi connectivity index (χ0v) is 16.4. The molecule has 2 fully saturated rings. The number of thioether (sulfide) groups is 1. The molecule has 0 spiro atoms. The number of amides is 2. The van der Waals surface area contributed by atoms with Crippen molar-refractivity contribution in [3.05, 3.63) is 29.8 Å². The van der Waals surface area contributed by atoms with Crippen LogP contribution in [0, 0.1) is 5.92 Å². The van der Waals surface area contributed by atoms with Crippen molar-refractivity contribution in [1.29, 1.82) is 0 Å². The monoisotopic (exact) mass is 375 g/mol. The molecule has 5 nitrogen and oxygen atoms in total. The Balaban J connectivity index is 1.52. The highest BCUT2D eigenvalue weighted by Crippen LogP contribution is 2.25. The van der Waals surface area contributed by atoms with Crippen molar-refractivity contribution in [1.82, 2.24) is 9.80 Å². The second kappa shape index (κ2) is 9.42. The first kappa shape index (κ1) is 19.2. The summed E-state index contributed by atoms with van der Waals surface area (Å²) < 4.78 is 0. The summed E-state index contributed by atoms with van der Waals surface area (Å²) in [5, 5.41) is 2.94. The zero-order chi connectivity index (χ0) is 18.4. The van der Waals surface area contributed by atoms with Gasteiger partial charge in [-0.05, 0) is 44.0 Å². The molecule has 1 aliphatic heterocycles. The fourth-order valence-electron chi connectivity index (χ4n) is 3.82. The number of carbonyl (C=O) groups excluding carboxylic acids is 2. The van der Waals surface area contributed by atoms with Gasteiger partial charge in [0.2, 0.25) is 5.91 Å². The second-order valence-electron chi connectivity index (χ2n) is 7.38. The van der Waals surface area contributed by atoms with Crippen LogP contribution in [-0.4, -0.2) is 66.3 Å². The molecule has 142 valence electrons. The lowest BCUT2D eigenvalue weighted by molar-refractivity contribution is -0.117. The van der Waals surface area contributed by atoms with Gasteiger partial charge >= 0.3 is 0 Å². The lowest BCUT2D eigenvalue weighted by atomic mass is 10.1. The Morgan fingerprint density at radius 1 is 1.23 bits per heavy atom. The van der Waals surface area contributed by atoms with E-state index in [0.717, 1.165) is 37.1 Å². The molecular weight excluding hydrogens is 346 g/mol. The van der Waals surface area contributed by atoms with E-state index in [1.165, 1.54) is 25.7 Å². The summed E-state index contributed by atoms with van der Waals surface area (Å²) in [5.41, 5.74) is 1.34. The third-order valence-electron chi connectivity index (χ3n) is 5.15. The Morgan fingerprint density at radius 3 is 2.69 bits per heavy atom. The summed E-state index contributed by atoms with van der Waals surface area (Å²) >= 11 is 1.88. The minimum Gasteiger partial charge on any atom is -0.337 e. The van der Waals surface area contributed by atoms with Gasteiger partial charge in [-0.25, -0.2) is 0 Å². The number of hydrogen-bond donors (Lipinski definition) is 1. The first-order valence-corrected chi connectivity index (χ1v) is 10.7. The van der Waals surface area contributed by atoms with Crippen LogP contribution in [0.1, 0.15) is 36.0 Å². The van der Waals surface area contributed by atoms with Crippen LogP contribution in [0.5, 0.6) is 0 Å². The predicted molar refractivity (Wildman–Crippen MR) is 108 cm³/mol. The number of hydrogen-bond acceptors (Lipinski definition) is 4. The molecule has 26 heavy (non-hydrogen) atoms. The number of carbonyl (C=O) groups is 2. The highest BCUT2D eigenvalue weighted by Gasteiger charge is 2.20. The molecule has 3 rings (SSSR count). The standard InChI is InChI=1S/C20H29N3O2S/c1-22(14-16-5-2-3-6-16)15-19(24)21-18-8-4-7-17(13-18)20(25)23-9-11-26-12-10-23/h4,7-8,13,16H,2-3,5-6,9-12,14-15H2,1H3,(H,21,24). The summed E-state index contributed by atoms with van der Waals surface area (Å²) in [4.78, 5) is 28.9. The predicted octanol–water partition coefficient (Wildman–Crippen LogP) is 2.94. The van der Waals surface area contributed by atoms with Crippen molar-refractivity contribution < 1.29 is 9.59 Å². The molecule has 1 N–H and O–H groups in total. The largest absolute Gasteiger partial charge is 0.337 e. The van der Waals surface area contributed by atoms with Crippen molar-refractivity contribution in [2.24, 2.45) is 5.92 Å². The number of anilines is 1. The average Bonchev–Trinajstić information content (AvgIpc) is 3.14. The van der Waals surface area contributed by atoms with Gasteiger partial charge in [-0.1, -0.05) is 18.9 Å². The molecular formula is C20H29N3O2S. The first-order chi connectivity index (χ1) is 12.6. The van der Waals surface area contributed by atoms with Crippen LogP contribution in [0.3, 0.4) is 0 Å². The van der Waals surface area contributed by atoms with Crippen molar-refractivity contribution >= 4 is 29.3 Å². The van der Waals surface area contributed by atoms with Gasteiger partial charge in [0.25, 0.3) is 5.91 Å². The van der Waals surface area contributed by atoms with E-state index in [4.69, 9.17) is 0 Å². The van der Waals surface area contributed by atoms with Crippen LogP contribution >= 0.6 is 11.8 Å². The van der Waals surface area contributed by atoms with E-state index in [1.807, 2.05) is 41.9 Å². The molecule has 6 heteroatoms. The Labute approximate surface area is 160 Å². The molecule has 1 aliphatic carbocycles. The summed E-state index contributed by atoms with van der Waals surface area (Å²) in [6.07, 6.45) is 5.21. The third-order valence-corrected chi connectivity index (χ3v) is 6.09. The Hall–Kier alpha value is -1.53. The molecule has 1 aromatic rings. The first-order valence-electron chi connectivity index (χ1n) is 9.57. The van der Waals surface area contributed by atoms with Crippen molar-refractivity contribution in [2.45, 2.75) is 25.7 Å². The van der Waals surface area contributed by atoms with Gasteiger partial charge in [0.15, 0.2) is 0 Å². The Bertz CT molecular complexity index is 625. The molecule has 0 radical (unpaired) electrons. The van der Waals surface area contributed by atoms with Crippen LogP contribution in [0.4, 0.5) is 5.69 Å². The topological polar surface area (TPSA) is 52.7 Å². The van der Waals surface area contributed by atoms with Crippen LogP contribution in [0.15, 0.2) is 24.3 Å². The molecule has 0 aromatic heterocycles. The normalized spacial score (nSPS) is 18.3. The average molecular weight is 376 g/mol. The molecule has 2 amide bonds. The van der Waals surface area contributed by atoms with E-state index in [1.54, 1.807) is 6.07 Å². The third kappa shape index (κ3) is 5.48. The molecule has 1 heterocycles. The maximum atomic E-state index is 12.6. The summed E-state index contributed by atoms with van der Waals surface area (Å²) in [5.74, 6) is 2.76. The Morgan fingerprint density at radius 2 is 1.96 bits per heavy atom. The number of likely N-dealkylation sites (N-methyl/N-ethyl adjacent to an activating group) is 1. The van der Waals surface area contributed by atoms with Gasteiger partial charge in [0.05, 0.1) is 6.54 Å². The van der Waals surface area contributed by atoms with Gasteiger partial charge in [0.1, 0.15) is 0 Å². The minimum atomic E-state index is -0.0236.